The minimum atomic E-state index is -0.903. The topological polar surface area (TPSA) is 80.3 Å². The first-order valence-corrected chi connectivity index (χ1v) is 7.92. The number of ether oxygens (including phenoxy) is 5. The van der Waals surface area contributed by atoms with Gasteiger partial charge in [0, 0.05) is 16.8 Å². The number of para-hydroxylation sites is 1. The summed E-state index contributed by atoms with van der Waals surface area (Å²) in [6.45, 7) is 0. The zero-order valence-electron chi connectivity index (χ0n) is 14.6. The predicted molar refractivity (Wildman–Crippen MR) is 96.5 cm³/mol. The largest absolute Gasteiger partial charge is 0.513 e. The van der Waals surface area contributed by atoms with Gasteiger partial charge in [-0.1, -0.05) is 42.5 Å². The summed E-state index contributed by atoms with van der Waals surface area (Å²) in [5.41, 5.74) is 0. The molecule has 0 N–H and O–H groups in total. The fourth-order valence-electron chi connectivity index (χ4n) is 2.43. The minimum absolute atomic E-state index is 0.138. The van der Waals surface area contributed by atoms with Crippen LogP contribution in [0.3, 0.4) is 0 Å². The molecule has 0 aliphatic heterocycles. The van der Waals surface area contributed by atoms with Crippen molar-refractivity contribution in [1.82, 2.24) is 0 Å². The maximum atomic E-state index is 11.7. The second-order valence-electron chi connectivity index (χ2n) is 5.28. The lowest BCUT2D eigenvalue weighted by atomic mass is 10.1. The first-order chi connectivity index (χ1) is 13.1. The molecule has 0 aliphatic rings. The number of hydrogen-bond donors (Lipinski definition) is 0. The highest BCUT2D eigenvalue weighted by Crippen LogP contribution is 2.43. The van der Waals surface area contributed by atoms with Crippen molar-refractivity contribution in [3.63, 3.8) is 0 Å². The number of benzene rings is 3. The van der Waals surface area contributed by atoms with Gasteiger partial charge in [-0.3, -0.25) is 0 Å². The van der Waals surface area contributed by atoms with Crippen LogP contribution in [0.5, 0.6) is 23.0 Å². The molecule has 0 saturated heterocycles. The van der Waals surface area contributed by atoms with Crippen molar-refractivity contribution < 1.29 is 33.3 Å². The van der Waals surface area contributed by atoms with Gasteiger partial charge in [0.1, 0.15) is 11.5 Å². The second-order valence-corrected chi connectivity index (χ2v) is 5.28. The Labute approximate surface area is 155 Å². The van der Waals surface area contributed by atoms with Crippen LogP contribution in [0.25, 0.3) is 10.8 Å². The van der Waals surface area contributed by atoms with Crippen molar-refractivity contribution in [3.8, 4) is 23.0 Å². The molecule has 27 heavy (non-hydrogen) atoms. The predicted octanol–water partition coefficient (Wildman–Crippen LogP) is 4.92. The molecule has 0 heterocycles. The number of fused-ring (bicyclic) bond motifs is 1. The summed E-state index contributed by atoms with van der Waals surface area (Å²) in [5, 5.41) is 1.03. The molecule has 3 rings (SSSR count). The molecule has 0 bridgehead atoms. The highest BCUT2D eigenvalue weighted by atomic mass is 16.7. The molecule has 0 atom stereocenters. The normalized spacial score (nSPS) is 10.1. The lowest BCUT2D eigenvalue weighted by molar-refractivity contribution is 0.119. The standard InChI is InChI=1S/C20H16O7/c1-23-19(21)26-16-12-17(25-13-8-4-3-5-9-13)18(27-20(22)24-2)15-11-7-6-10-14(15)16/h3-12H,1-2H3. The summed E-state index contributed by atoms with van der Waals surface area (Å²) in [5.74, 6) is 1.01. The molecule has 0 spiro atoms. The van der Waals surface area contributed by atoms with E-state index < -0.39 is 12.3 Å². The average Bonchev–Trinajstić information content (AvgIpc) is 2.71. The zero-order chi connectivity index (χ0) is 19.2. The van der Waals surface area contributed by atoms with Crippen molar-refractivity contribution in [2.75, 3.05) is 14.2 Å². The third-order valence-electron chi connectivity index (χ3n) is 3.61. The molecule has 138 valence electrons. The summed E-state index contributed by atoms with van der Waals surface area (Å²) in [6, 6.07) is 17.3. The first-order valence-electron chi connectivity index (χ1n) is 7.92. The number of rotatable bonds is 4. The van der Waals surface area contributed by atoms with Crippen molar-refractivity contribution in [1.29, 1.82) is 0 Å². The molecule has 3 aromatic carbocycles. The number of methoxy groups -OCH3 is 2. The van der Waals surface area contributed by atoms with Gasteiger partial charge in [0.25, 0.3) is 0 Å². The monoisotopic (exact) mass is 368 g/mol. The van der Waals surface area contributed by atoms with Gasteiger partial charge >= 0.3 is 12.3 Å². The molecule has 0 radical (unpaired) electrons. The first kappa shape index (κ1) is 18.1. The Morgan fingerprint density at radius 1 is 0.704 bits per heavy atom. The second kappa shape index (κ2) is 8.09. The molecule has 7 nitrogen and oxygen atoms in total. The van der Waals surface area contributed by atoms with Gasteiger partial charge in [0.15, 0.2) is 11.5 Å². The summed E-state index contributed by atoms with van der Waals surface area (Å²) in [4.78, 5) is 23.3. The Morgan fingerprint density at radius 2 is 1.30 bits per heavy atom. The van der Waals surface area contributed by atoms with Gasteiger partial charge in [0.05, 0.1) is 14.2 Å². The zero-order valence-corrected chi connectivity index (χ0v) is 14.6. The van der Waals surface area contributed by atoms with Crippen molar-refractivity contribution in [2.45, 2.75) is 0 Å². The Balaban J connectivity index is 2.17. The summed E-state index contributed by atoms with van der Waals surface area (Å²) >= 11 is 0. The van der Waals surface area contributed by atoms with Gasteiger partial charge in [-0.05, 0) is 12.1 Å². The molecule has 0 aromatic heterocycles. The van der Waals surface area contributed by atoms with E-state index in [9.17, 15) is 9.59 Å². The van der Waals surface area contributed by atoms with Crippen LogP contribution < -0.4 is 14.2 Å². The Morgan fingerprint density at radius 3 is 1.96 bits per heavy atom. The lowest BCUT2D eigenvalue weighted by Crippen LogP contribution is -2.10. The summed E-state index contributed by atoms with van der Waals surface area (Å²) in [7, 11) is 2.41. The molecular formula is C20H16O7. The maximum Gasteiger partial charge on any atom is 0.513 e. The quantitative estimate of drug-likeness (QED) is 0.477. The summed E-state index contributed by atoms with van der Waals surface area (Å²) in [6.07, 6.45) is -1.79. The van der Waals surface area contributed by atoms with Crippen LogP contribution >= 0.6 is 0 Å². The van der Waals surface area contributed by atoms with Gasteiger partial charge in [-0.25, -0.2) is 9.59 Å². The smallest absolute Gasteiger partial charge is 0.453 e. The summed E-state index contributed by atoms with van der Waals surface area (Å²) < 4.78 is 25.6. The lowest BCUT2D eigenvalue weighted by Gasteiger charge is -2.16. The van der Waals surface area contributed by atoms with Crippen molar-refractivity contribution >= 4 is 23.1 Å². The molecule has 0 saturated carbocycles. The van der Waals surface area contributed by atoms with Crippen LogP contribution in [0.15, 0.2) is 60.7 Å². The maximum absolute atomic E-state index is 11.7. The molecule has 7 heteroatoms. The van der Waals surface area contributed by atoms with E-state index in [1.54, 1.807) is 48.5 Å². The van der Waals surface area contributed by atoms with Gasteiger partial charge in [-0.15, -0.1) is 0 Å². The number of hydrogen-bond acceptors (Lipinski definition) is 7. The van der Waals surface area contributed by atoms with Gasteiger partial charge in [0.2, 0.25) is 0 Å². The Kier molecular flexibility index (Phi) is 5.41. The van der Waals surface area contributed by atoms with Crippen LogP contribution in [-0.4, -0.2) is 26.5 Å². The van der Waals surface area contributed by atoms with E-state index in [0.717, 1.165) is 0 Å². The third kappa shape index (κ3) is 4.09. The Hall–Kier alpha value is -3.74. The van der Waals surface area contributed by atoms with Gasteiger partial charge < -0.3 is 23.7 Å². The van der Waals surface area contributed by atoms with E-state index in [0.29, 0.717) is 16.5 Å². The van der Waals surface area contributed by atoms with Crippen LogP contribution in [0.4, 0.5) is 9.59 Å². The van der Waals surface area contributed by atoms with Gasteiger partial charge in [-0.2, -0.15) is 0 Å². The van der Waals surface area contributed by atoms with Crippen molar-refractivity contribution in [2.24, 2.45) is 0 Å². The van der Waals surface area contributed by atoms with E-state index in [1.165, 1.54) is 20.3 Å². The number of carbonyl (C=O) groups is 2. The minimum Gasteiger partial charge on any atom is -0.453 e. The van der Waals surface area contributed by atoms with E-state index in [4.69, 9.17) is 14.2 Å². The van der Waals surface area contributed by atoms with E-state index in [2.05, 4.69) is 9.47 Å². The molecule has 0 unspecified atom stereocenters. The van der Waals surface area contributed by atoms with E-state index in [-0.39, 0.29) is 17.2 Å². The molecule has 0 fully saturated rings. The van der Waals surface area contributed by atoms with Crippen LogP contribution in [0.2, 0.25) is 0 Å². The highest BCUT2D eigenvalue weighted by Gasteiger charge is 2.20. The molecule has 3 aromatic rings. The van der Waals surface area contributed by atoms with Crippen LogP contribution in [0.1, 0.15) is 0 Å². The van der Waals surface area contributed by atoms with Crippen LogP contribution in [-0.2, 0) is 9.47 Å². The van der Waals surface area contributed by atoms with E-state index in [1.807, 2.05) is 6.07 Å². The van der Waals surface area contributed by atoms with Crippen molar-refractivity contribution in [3.05, 3.63) is 60.7 Å². The fourth-order valence-corrected chi connectivity index (χ4v) is 2.43. The number of carbonyl (C=O) groups excluding carboxylic acids is 2. The third-order valence-corrected chi connectivity index (χ3v) is 3.61. The van der Waals surface area contributed by atoms with Crippen LogP contribution in [0, 0.1) is 0 Å². The molecule has 0 amide bonds. The fraction of sp³-hybridized carbons (Fsp3) is 0.100. The van der Waals surface area contributed by atoms with E-state index >= 15 is 0 Å². The molecule has 0 aliphatic carbocycles. The SMILES string of the molecule is COC(=O)Oc1cc(Oc2ccccc2)c(OC(=O)OC)c2ccccc12. The Bertz CT molecular complexity index is 967. The average molecular weight is 368 g/mol. The molecular weight excluding hydrogens is 352 g/mol. The highest BCUT2D eigenvalue weighted by molar-refractivity contribution is 5.97.